The molecule has 3 heteroatoms. The number of aliphatic hydroxyl groups excluding tert-OH is 1. The maximum atomic E-state index is 9.95. The zero-order valence-electron chi connectivity index (χ0n) is 8.40. The predicted molar refractivity (Wildman–Crippen MR) is 57.5 cm³/mol. The van der Waals surface area contributed by atoms with Crippen molar-refractivity contribution in [3.63, 3.8) is 0 Å². The number of benzene rings is 1. The molecule has 0 aromatic heterocycles. The van der Waals surface area contributed by atoms with Crippen LogP contribution in [0.1, 0.15) is 25.0 Å². The molecule has 1 aromatic carbocycles. The Kier molecular flexibility index (Phi) is 4.39. The Morgan fingerprint density at radius 2 is 2.07 bits per heavy atom. The lowest BCUT2D eigenvalue weighted by Crippen LogP contribution is -2.20. The molecule has 0 bridgehead atoms. The SMILES string of the molecule is CCC(OC)C(O)c1ccccc1Cl. The third kappa shape index (κ3) is 2.47. The molecule has 0 fully saturated rings. The van der Waals surface area contributed by atoms with Crippen LogP contribution in [-0.4, -0.2) is 18.3 Å². The van der Waals surface area contributed by atoms with Crippen LogP contribution in [0, 0.1) is 0 Å². The van der Waals surface area contributed by atoms with Crippen LogP contribution in [0.4, 0.5) is 0 Å². The van der Waals surface area contributed by atoms with Gasteiger partial charge in [0.1, 0.15) is 6.10 Å². The van der Waals surface area contributed by atoms with Crippen molar-refractivity contribution in [1.29, 1.82) is 0 Å². The summed E-state index contributed by atoms with van der Waals surface area (Å²) in [5.74, 6) is 0. The summed E-state index contributed by atoms with van der Waals surface area (Å²) in [6.07, 6.45) is -0.100. The molecule has 2 atom stereocenters. The van der Waals surface area contributed by atoms with E-state index in [1.165, 1.54) is 0 Å². The molecule has 1 N–H and O–H groups in total. The quantitative estimate of drug-likeness (QED) is 0.835. The van der Waals surface area contributed by atoms with Crippen molar-refractivity contribution in [2.75, 3.05) is 7.11 Å². The highest BCUT2D eigenvalue weighted by molar-refractivity contribution is 6.31. The average Bonchev–Trinajstić information content (AvgIpc) is 2.20. The van der Waals surface area contributed by atoms with Crippen LogP contribution in [0.5, 0.6) is 0 Å². The maximum Gasteiger partial charge on any atom is 0.107 e. The number of halogens is 1. The minimum atomic E-state index is -0.654. The molecule has 0 heterocycles. The molecule has 14 heavy (non-hydrogen) atoms. The van der Waals surface area contributed by atoms with Gasteiger partial charge in [-0.3, -0.25) is 0 Å². The van der Waals surface area contributed by atoms with Gasteiger partial charge >= 0.3 is 0 Å². The first-order valence-electron chi connectivity index (χ1n) is 4.66. The Labute approximate surface area is 89.5 Å². The molecular formula is C11H15ClO2. The summed E-state index contributed by atoms with van der Waals surface area (Å²) in [4.78, 5) is 0. The largest absolute Gasteiger partial charge is 0.386 e. The van der Waals surface area contributed by atoms with Gasteiger partial charge in [0.05, 0.1) is 6.10 Å². The van der Waals surface area contributed by atoms with E-state index < -0.39 is 6.10 Å². The van der Waals surface area contributed by atoms with Crippen molar-refractivity contribution in [2.24, 2.45) is 0 Å². The number of rotatable bonds is 4. The summed E-state index contributed by atoms with van der Waals surface area (Å²) in [5.41, 5.74) is 0.725. The van der Waals surface area contributed by atoms with Crippen molar-refractivity contribution in [3.8, 4) is 0 Å². The Bertz CT molecular complexity index is 284. The molecule has 0 saturated carbocycles. The van der Waals surface area contributed by atoms with Crippen LogP contribution >= 0.6 is 11.6 Å². The molecule has 0 aliphatic heterocycles. The summed E-state index contributed by atoms with van der Waals surface area (Å²) in [7, 11) is 1.59. The fraction of sp³-hybridized carbons (Fsp3) is 0.455. The third-order valence-corrected chi connectivity index (χ3v) is 2.63. The standard InChI is InChI=1S/C11H15ClO2/c1-3-10(14-2)11(13)8-6-4-5-7-9(8)12/h4-7,10-11,13H,3H2,1-2H3. The monoisotopic (exact) mass is 214 g/mol. The van der Waals surface area contributed by atoms with E-state index in [9.17, 15) is 5.11 Å². The Hall–Kier alpha value is -0.570. The second kappa shape index (κ2) is 5.35. The lowest BCUT2D eigenvalue weighted by atomic mass is 10.0. The van der Waals surface area contributed by atoms with Gasteiger partial charge in [-0.25, -0.2) is 0 Å². The summed E-state index contributed by atoms with van der Waals surface area (Å²) in [6.45, 7) is 1.97. The first-order valence-corrected chi connectivity index (χ1v) is 5.03. The van der Waals surface area contributed by atoms with Crippen LogP contribution < -0.4 is 0 Å². The summed E-state index contributed by atoms with van der Waals surface area (Å²) in [5, 5.41) is 10.5. The number of methoxy groups -OCH3 is 1. The van der Waals surface area contributed by atoms with Gasteiger partial charge in [-0.15, -0.1) is 0 Å². The first kappa shape index (κ1) is 11.5. The zero-order valence-corrected chi connectivity index (χ0v) is 9.16. The van der Waals surface area contributed by atoms with E-state index in [4.69, 9.17) is 16.3 Å². The highest BCUT2D eigenvalue weighted by Crippen LogP contribution is 2.27. The van der Waals surface area contributed by atoms with Crippen molar-refractivity contribution < 1.29 is 9.84 Å². The molecule has 2 unspecified atom stereocenters. The topological polar surface area (TPSA) is 29.5 Å². The summed E-state index contributed by atoms with van der Waals surface area (Å²) in [6, 6.07) is 7.27. The number of hydrogen-bond donors (Lipinski definition) is 1. The fourth-order valence-corrected chi connectivity index (χ4v) is 1.68. The van der Waals surface area contributed by atoms with Crippen molar-refractivity contribution >= 4 is 11.6 Å². The minimum absolute atomic E-state index is 0.199. The van der Waals surface area contributed by atoms with Gasteiger partial charge in [0.15, 0.2) is 0 Å². The van der Waals surface area contributed by atoms with E-state index in [2.05, 4.69) is 0 Å². The van der Waals surface area contributed by atoms with E-state index >= 15 is 0 Å². The Morgan fingerprint density at radius 3 is 2.57 bits per heavy atom. The molecule has 0 aliphatic carbocycles. The lowest BCUT2D eigenvalue weighted by Gasteiger charge is -2.21. The molecule has 1 rings (SSSR count). The van der Waals surface area contributed by atoms with Crippen LogP contribution in [0.2, 0.25) is 5.02 Å². The molecule has 0 radical (unpaired) electrons. The van der Waals surface area contributed by atoms with Crippen LogP contribution in [-0.2, 0) is 4.74 Å². The second-order valence-electron chi connectivity index (χ2n) is 3.15. The van der Waals surface area contributed by atoms with Gasteiger partial charge in [-0.1, -0.05) is 36.7 Å². The van der Waals surface area contributed by atoms with E-state index in [0.29, 0.717) is 5.02 Å². The molecule has 0 saturated heterocycles. The minimum Gasteiger partial charge on any atom is -0.386 e. The first-order chi connectivity index (χ1) is 6.70. The van der Waals surface area contributed by atoms with Crippen LogP contribution in [0.25, 0.3) is 0 Å². The van der Waals surface area contributed by atoms with Gasteiger partial charge in [-0.2, -0.15) is 0 Å². The summed E-state index contributed by atoms with van der Waals surface area (Å²) >= 11 is 5.96. The average molecular weight is 215 g/mol. The van der Waals surface area contributed by atoms with Crippen LogP contribution in [0.3, 0.4) is 0 Å². The maximum absolute atomic E-state index is 9.95. The molecular weight excluding hydrogens is 200 g/mol. The van der Waals surface area contributed by atoms with Crippen molar-refractivity contribution in [3.05, 3.63) is 34.9 Å². The Morgan fingerprint density at radius 1 is 1.43 bits per heavy atom. The normalized spacial score (nSPS) is 15.1. The highest BCUT2D eigenvalue weighted by Gasteiger charge is 2.20. The van der Waals surface area contributed by atoms with Gasteiger partial charge < -0.3 is 9.84 Å². The second-order valence-corrected chi connectivity index (χ2v) is 3.56. The molecule has 1 aromatic rings. The van der Waals surface area contributed by atoms with Gasteiger partial charge in [0, 0.05) is 17.7 Å². The Balaban J connectivity index is 2.88. The third-order valence-electron chi connectivity index (χ3n) is 2.28. The number of ether oxygens (including phenoxy) is 1. The van der Waals surface area contributed by atoms with E-state index in [-0.39, 0.29) is 6.10 Å². The lowest BCUT2D eigenvalue weighted by molar-refractivity contribution is -0.0148. The number of hydrogen-bond acceptors (Lipinski definition) is 2. The molecule has 78 valence electrons. The zero-order chi connectivity index (χ0) is 10.6. The molecule has 0 amide bonds. The fourth-order valence-electron chi connectivity index (χ4n) is 1.43. The van der Waals surface area contributed by atoms with Gasteiger partial charge in [0.25, 0.3) is 0 Å². The molecule has 0 spiro atoms. The smallest absolute Gasteiger partial charge is 0.107 e. The van der Waals surface area contributed by atoms with Gasteiger partial charge in [-0.05, 0) is 12.5 Å². The van der Waals surface area contributed by atoms with Gasteiger partial charge in [0.2, 0.25) is 0 Å². The van der Waals surface area contributed by atoms with Crippen molar-refractivity contribution in [2.45, 2.75) is 25.6 Å². The van der Waals surface area contributed by atoms with E-state index in [1.54, 1.807) is 13.2 Å². The van der Waals surface area contributed by atoms with E-state index in [0.717, 1.165) is 12.0 Å². The van der Waals surface area contributed by atoms with Crippen LogP contribution in [0.15, 0.2) is 24.3 Å². The summed E-state index contributed by atoms with van der Waals surface area (Å²) < 4.78 is 5.16. The predicted octanol–water partition coefficient (Wildman–Crippen LogP) is 2.80. The van der Waals surface area contributed by atoms with E-state index in [1.807, 2.05) is 25.1 Å². The number of aliphatic hydroxyl groups is 1. The highest BCUT2D eigenvalue weighted by atomic mass is 35.5. The molecule has 2 nitrogen and oxygen atoms in total. The van der Waals surface area contributed by atoms with Crippen molar-refractivity contribution in [1.82, 2.24) is 0 Å². The molecule has 0 aliphatic rings.